The van der Waals surface area contributed by atoms with Crippen LogP contribution in [-0.2, 0) is 6.18 Å². The van der Waals surface area contributed by atoms with Crippen LogP contribution in [0.3, 0.4) is 0 Å². The molecule has 0 saturated carbocycles. The Morgan fingerprint density at radius 3 is 2.42 bits per heavy atom. The second kappa shape index (κ2) is 7.92. The molecule has 1 N–H and O–H groups in total. The summed E-state index contributed by atoms with van der Waals surface area (Å²) in [5, 5.41) is 6.13. The first kappa shape index (κ1) is 20.7. The zero-order chi connectivity index (χ0) is 22.2. The van der Waals surface area contributed by atoms with Crippen molar-refractivity contribution in [3.63, 3.8) is 0 Å². The Hall–Kier alpha value is -3.59. The highest BCUT2D eigenvalue weighted by Gasteiger charge is 2.40. The number of benzene rings is 2. The van der Waals surface area contributed by atoms with E-state index < -0.39 is 29.2 Å². The lowest BCUT2D eigenvalue weighted by Gasteiger charge is -2.14. The molecule has 0 unspecified atom stereocenters. The minimum atomic E-state index is -4.91. The second-order valence-electron chi connectivity index (χ2n) is 6.50. The number of rotatable bonds is 4. The molecule has 0 aliphatic rings. The van der Waals surface area contributed by atoms with E-state index in [1.165, 1.54) is 36.4 Å². The summed E-state index contributed by atoms with van der Waals surface area (Å²) in [6.45, 7) is 0. The van der Waals surface area contributed by atoms with Crippen LogP contribution in [0.5, 0.6) is 0 Å². The number of alkyl halides is 3. The first-order valence-corrected chi connectivity index (χ1v) is 9.27. The maximum absolute atomic E-state index is 14.3. The van der Waals surface area contributed by atoms with E-state index in [0.29, 0.717) is 10.4 Å². The van der Waals surface area contributed by atoms with Crippen LogP contribution in [0.4, 0.5) is 23.2 Å². The van der Waals surface area contributed by atoms with Crippen molar-refractivity contribution in [2.24, 2.45) is 0 Å². The largest absolute Gasteiger partial charge is 0.434 e. The molecule has 0 fully saturated rings. The summed E-state index contributed by atoms with van der Waals surface area (Å²) in [6.07, 6.45) is -0.713. The molecule has 5 nitrogen and oxygen atoms in total. The van der Waals surface area contributed by atoms with Gasteiger partial charge in [-0.1, -0.05) is 17.7 Å². The smallest absolute Gasteiger partial charge is 0.324 e. The number of hydrogen-bond acceptors (Lipinski definition) is 2. The highest BCUT2D eigenvalue weighted by atomic mass is 35.5. The number of carbonyl (C=O) groups excluding carboxylic acids is 1. The second-order valence-corrected chi connectivity index (χ2v) is 6.94. The number of carbonyl (C=O) groups is 1. The summed E-state index contributed by atoms with van der Waals surface area (Å²) >= 11 is 5.87. The average molecular weight is 449 g/mol. The molecule has 10 heteroatoms. The third-order valence-electron chi connectivity index (χ3n) is 4.44. The van der Waals surface area contributed by atoms with Gasteiger partial charge in [0.05, 0.1) is 23.1 Å². The number of anilines is 1. The lowest BCUT2D eigenvalue weighted by atomic mass is 10.2. The Morgan fingerprint density at radius 2 is 1.74 bits per heavy atom. The molecule has 4 aromatic rings. The molecule has 0 aliphatic heterocycles. The van der Waals surface area contributed by atoms with Gasteiger partial charge < -0.3 is 9.88 Å². The van der Waals surface area contributed by atoms with Gasteiger partial charge >= 0.3 is 6.18 Å². The zero-order valence-electron chi connectivity index (χ0n) is 15.6. The Balaban J connectivity index is 1.72. The number of aromatic nitrogens is 3. The van der Waals surface area contributed by atoms with Crippen LogP contribution in [0.25, 0.3) is 11.4 Å². The van der Waals surface area contributed by atoms with Crippen molar-refractivity contribution < 1.29 is 22.4 Å². The van der Waals surface area contributed by atoms with E-state index in [1.807, 2.05) is 0 Å². The lowest BCUT2D eigenvalue weighted by Crippen LogP contribution is -2.21. The molecule has 1 amide bonds. The van der Waals surface area contributed by atoms with Crippen LogP contribution < -0.4 is 5.32 Å². The van der Waals surface area contributed by atoms with Gasteiger partial charge in [-0.3, -0.25) is 4.79 Å². The number of nitrogens with one attached hydrogen (secondary N) is 1. The van der Waals surface area contributed by atoms with Gasteiger partial charge in [0.15, 0.2) is 5.69 Å². The molecular formula is C21H13ClF4N4O. The van der Waals surface area contributed by atoms with Crippen molar-refractivity contribution in [3.8, 4) is 11.4 Å². The third-order valence-corrected chi connectivity index (χ3v) is 4.67. The molecule has 0 atom stereocenters. The van der Waals surface area contributed by atoms with Gasteiger partial charge in [0.1, 0.15) is 5.82 Å². The summed E-state index contributed by atoms with van der Waals surface area (Å²) in [5.41, 5.74) is -1.76. The van der Waals surface area contributed by atoms with Crippen molar-refractivity contribution in [2.45, 2.75) is 6.18 Å². The Kier molecular flexibility index (Phi) is 5.28. The van der Waals surface area contributed by atoms with Gasteiger partial charge in [-0.2, -0.15) is 18.3 Å². The van der Waals surface area contributed by atoms with Crippen molar-refractivity contribution >= 4 is 23.2 Å². The minimum absolute atomic E-state index is 0.0275. The molecule has 0 radical (unpaired) electrons. The Labute approximate surface area is 178 Å². The minimum Gasteiger partial charge on any atom is -0.324 e. The maximum atomic E-state index is 14.3. The number of amides is 1. The average Bonchev–Trinajstić information content (AvgIpc) is 3.39. The van der Waals surface area contributed by atoms with Gasteiger partial charge in [0.25, 0.3) is 5.91 Å². The van der Waals surface area contributed by atoms with E-state index in [4.69, 9.17) is 11.6 Å². The maximum Gasteiger partial charge on any atom is 0.434 e. The number of halogens is 5. The summed E-state index contributed by atoms with van der Waals surface area (Å²) in [6, 6.07) is 13.0. The molecule has 0 bridgehead atoms. The van der Waals surface area contributed by atoms with Crippen molar-refractivity contribution in [3.05, 3.63) is 95.3 Å². The molecule has 0 aliphatic carbocycles. The third kappa shape index (κ3) is 4.17. The van der Waals surface area contributed by atoms with Crippen molar-refractivity contribution in [1.29, 1.82) is 0 Å². The van der Waals surface area contributed by atoms with Gasteiger partial charge in [-0.25, -0.2) is 9.07 Å². The van der Waals surface area contributed by atoms with Crippen LogP contribution in [0.15, 0.2) is 73.2 Å². The standard InChI is InChI=1S/C21H13ClF4N4O/c22-13-4-3-5-15(10-13)30-19(21(24,25)26)16(12-27-30)20(31)28-18-11-14(6-7-17(18)23)29-8-1-2-9-29/h1-12H,(H,28,31). The Morgan fingerprint density at radius 1 is 1.00 bits per heavy atom. The van der Waals surface area contributed by atoms with E-state index in [1.54, 1.807) is 29.1 Å². The monoisotopic (exact) mass is 448 g/mol. The molecule has 31 heavy (non-hydrogen) atoms. The first-order valence-electron chi connectivity index (χ1n) is 8.89. The highest BCUT2D eigenvalue weighted by molar-refractivity contribution is 6.30. The van der Waals surface area contributed by atoms with E-state index in [0.717, 1.165) is 12.3 Å². The fraction of sp³-hybridized carbons (Fsp3) is 0.0476. The molecule has 2 aromatic heterocycles. The fourth-order valence-electron chi connectivity index (χ4n) is 3.06. The molecule has 158 valence electrons. The molecule has 0 spiro atoms. The number of nitrogens with zero attached hydrogens (tertiary/aromatic N) is 3. The summed E-state index contributed by atoms with van der Waals surface area (Å²) in [5.74, 6) is -1.94. The van der Waals surface area contributed by atoms with Crippen molar-refractivity contribution in [1.82, 2.24) is 14.3 Å². The predicted molar refractivity (Wildman–Crippen MR) is 107 cm³/mol. The normalized spacial score (nSPS) is 11.5. The summed E-state index contributed by atoms with van der Waals surface area (Å²) in [7, 11) is 0. The molecular weight excluding hydrogens is 436 g/mol. The first-order chi connectivity index (χ1) is 14.7. The van der Waals surface area contributed by atoms with E-state index in [2.05, 4.69) is 10.4 Å². The summed E-state index contributed by atoms with van der Waals surface area (Å²) < 4.78 is 57.9. The highest BCUT2D eigenvalue weighted by Crippen LogP contribution is 2.34. The predicted octanol–water partition coefficient (Wildman–Crippen LogP) is 5.73. The van der Waals surface area contributed by atoms with Gasteiger partial charge in [0, 0.05) is 23.1 Å². The van der Waals surface area contributed by atoms with Crippen LogP contribution in [-0.4, -0.2) is 20.3 Å². The topological polar surface area (TPSA) is 51.9 Å². The lowest BCUT2D eigenvalue weighted by molar-refractivity contribution is -0.143. The SMILES string of the molecule is O=C(Nc1cc(-n2cccc2)ccc1F)c1cnn(-c2cccc(Cl)c2)c1C(F)(F)F. The van der Waals surface area contributed by atoms with Gasteiger partial charge in [-0.05, 0) is 48.5 Å². The van der Waals surface area contributed by atoms with Crippen LogP contribution in [0, 0.1) is 5.82 Å². The zero-order valence-corrected chi connectivity index (χ0v) is 16.3. The van der Waals surface area contributed by atoms with Gasteiger partial charge in [-0.15, -0.1) is 0 Å². The summed E-state index contributed by atoms with van der Waals surface area (Å²) in [4.78, 5) is 12.7. The van der Waals surface area contributed by atoms with E-state index in [-0.39, 0.29) is 16.4 Å². The van der Waals surface area contributed by atoms with Crippen LogP contribution in [0.1, 0.15) is 16.1 Å². The van der Waals surface area contributed by atoms with E-state index in [9.17, 15) is 22.4 Å². The molecule has 2 heterocycles. The number of hydrogen-bond donors (Lipinski definition) is 1. The van der Waals surface area contributed by atoms with Gasteiger partial charge in [0.2, 0.25) is 0 Å². The van der Waals surface area contributed by atoms with Crippen LogP contribution in [0.2, 0.25) is 5.02 Å². The van der Waals surface area contributed by atoms with Crippen molar-refractivity contribution in [2.75, 3.05) is 5.32 Å². The molecule has 2 aromatic carbocycles. The Bertz CT molecular complexity index is 1250. The quantitative estimate of drug-likeness (QED) is 0.405. The van der Waals surface area contributed by atoms with Crippen LogP contribution >= 0.6 is 11.6 Å². The van der Waals surface area contributed by atoms with E-state index >= 15 is 0 Å². The molecule has 4 rings (SSSR count). The molecule has 0 saturated heterocycles. The fourth-order valence-corrected chi connectivity index (χ4v) is 3.24.